The average molecular weight is 1050 g/mol. The lowest BCUT2D eigenvalue weighted by Crippen LogP contribution is -2.74. The van der Waals surface area contributed by atoms with Crippen molar-refractivity contribution in [1.82, 2.24) is 0 Å². The van der Waals surface area contributed by atoms with Crippen LogP contribution in [-0.4, -0.2) is 126 Å². The predicted molar refractivity (Wildman–Crippen MR) is 139 cm³/mol. The number of alkyl halides is 34. The Morgan fingerprint density at radius 1 is 0.415 bits per heavy atom. The van der Waals surface area contributed by atoms with Gasteiger partial charge in [-0.3, -0.25) is 0 Å². The Kier molecular flexibility index (Phi) is 15.0. The van der Waals surface area contributed by atoms with Crippen molar-refractivity contribution in [3.8, 4) is 0 Å². The lowest BCUT2D eigenvalue weighted by Gasteiger charge is -2.44. The summed E-state index contributed by atoms with van der Waals surface area (Å²) in [6.07, 6.45) is -31.9. The van der Waals surface area contributed by atoms with E-state index in [-0.39, 0.29) is 7.11 Å². The Labute approximate surface area is 336 Å². The highest BCUT2D eigenvalue weighted by Crippen LogP contribution is 2.67. The van der Waals surface area contributed by atoms with E-state index < -0.39 is 145 Å². The number of halogens is 34. The van der Waals surface area contributed by atoms with Crippen molar-refractivity contribution in [2.75, 3.05) is 13.7 Å². The lowest BCUT2D eigenvalue weighted by molar-refractivity contribution is -0.462. The summed E-state index contributed by atoms with van der Waals surface area (Å²) in [5.74, 6) is -124. The van der Waals surface area contributed by atoms with E-state index in [9.17, 15) is 149 Å². The number of hydrogen-bond acceptors (Lipinski definition) is 3. The Balaban J connectivity index is 3.92. The van der Waals surface area contributed by atoms with Gasteiger partial charge in [0.2, 0.25) is 0 Å². The van der Waals surface area contributed by atoms with E-state index in [2.05, 4.69) is 11.3 Å². The van der Waals surface area contributed by atoms with Gasteiger partial charge in [-0.15, -0.1) is 0 Å². The van der Waals surface area contributed by atoms with Gasteiger partial charge in [0.25, 0.3) is 0 Å². The van der Waals surface area contributed by atoms with Crippen molar-refractivity contribution in [1.29, 1.82) is 0 Å². The molecule has 0 saturated carbocycles. The van der Waals surface area contributed by atoms with Gasteiger partial charge in [-0.25, -0.2) is 0 Å². The van der Waals surface area contributed by atoms with Gasteiger partial charge < -0.3 is 14.2 Å². The fourth-order valence-electron chi connectivity index (χ4n) is 5.18. The van der Waals surface area contributed by atoms with Crippen molar-refractivity contribution in [3.63, 3.8) is 0 Å². The first-order valence-corrected chi connectivity index (χ1v) is 15.8. The first-order valence-electron chi connectivity index (χ1n) is 15.8. The lowest BCUT2D eigenvalue weighted by atomic mass is 9.80. The van der Waals surface area contributed by atoms with Crippen LogP contribution in [0.2, 0.25) is 0 Å². The van der Waals surface area contributed by atoms with Gasteiger partial charge in [-0.05, 0) is 25.8 Å². The quantitative estimate of drug-likeness (QED) is 0.0847. The Hall–Kier alpha value is -2.76. The van der Waals surface area contributed by atoms with E-state index >= 15 is 0 Å². The largest absolute Gasteiger partial charge is 0.460 e. The molecule has 388 valence electrons. The molecule has 0 amide bonds. The summed E-state index contributed by atoms with van der Waals surface area (Å²) in [6, 6.07) is 0. The molecular weight excluding hydrogens is 1030 g/mol. The van der Waals surface area contributed by atoms with E-state index in [0.29, 0.717) is 13.0 Å². The summed E-state index contributed by atoms with van der Waals surface area (Å²) in [7, 11) is -0.155. The van der Waals surface area contributed by atoms with Crippen molar-refractivity contribution >= 4 is 0 Å². The molecule has 0 aromatic heterocycles. The molecule has 2 unspecified atom stereocenters. The number of hydrogen-bond donors (Lipinski definition) is 0. The zero-order valence-electron chi connectivity index (χ0n) is 30.5. The maximum atomic E-state index is 14.8. The third-order valence-electron chi connectivity index (χ3n) is 9.56. The smallest absolute Gasteiger partial charge is 0.375 e. The first kappa shape index (κ1) is 60.3. The normalized spacial score (nSPS) is 21.0. The molecular formula is C28H20F34O3. The Morgan fingerprint density at radius 3 is 0.846 bits per heavy atom. The zero-order chi connectivity index (χ0) is 52.9. The number of rotatable bonds is 21. The summed E-state index contributed by atoms with van der Waals surface area (Å²) >= 11 is 0. The molecule has 37 heteroatoms. The predicted octanol–water partition coefficient (Wildman–Crippen LogP) is 13.3. The molecule has 2 atom stereocenters. The third-order valence-corrected chi connectivity index (χ3v) is 9.56. The molecule has 65 heavy (non-hydrogen) atoms. The van der Waals surface area contributed by atoms with Crippen molar-refractivity contribution in [2.45, 2.75) is 145 Å². The summed E-state index contributed by atoms with van der Waals surface area (Å²) < 4.78 is 481. The molecule has 1 rings (SSSR count). The Bertz CT molecular complexity index is 1590. The standard InChI is InChI=1S/C28H20F34O3/c1-4-11(2)64-9-10(65-11)12(63-3,5-7-13(29,30)15(33,34)17(37,38)19(41,42)21(45,46)23(49,50)25(53,54)27(57,58)59)6-8-14(31,32)16(35,36)18(39,40)20(43,44)22(47,48)24(51,52)26(55,56)28(60,61)62/h4,10H,1,5-9H2,2-3H3. The highest BCUT2D eigenvalue weighted by Gasteiger charge is 2.97. The van der Waals surface area contributed by atoms with Gasteiger partial charge in [-0.1, -0.05) is 6.58 Å². The van der Waals surface area contributed by atoms with Gasteiger partial charge in [-0.2, -0.15) is 149 Å². The van der Waals surface area contributed by atoms with Crippen LogP contribution in [0.25, 0.3) is 0 Å². The van der Waals surface area contributed by atoms with Crippen LogP contribution in [0, 0.1) is 0 Å². The van der Waals surface area contributed by atoms with Gasteiger partial charge in [0.05, 0.1) is 12.2 Å². The van der Waals surface area contributed by atoms with Crippen LogP contribution in [0.1, 0.15) is 32.6 Å². The molecule has 0 N–H and O–H groups in total. The van der Waals surface area contributed by atoms with Crippen LogP contribution in [-0.2, 0) is 14.2 Å². The van der Waals surface area contributed by atoms with Crippen LogP contribution in [0.15, 0.2) is 12.7 Å². The topological polar surface area (TPSA) is 27.7 Å². The fraction of sp³-hybridized carbons (Fsp3) is 0.929. The molecule has 1 saturated heterocycles. The first-order chi connectivity index (χ1) is 27.8. The molecule has 0 aromatic rings. The van der Waals surface area contributed by atoms with Gasteiger partial charge >= 0.3 is 95.3 Å². The van der Waals surface area contributed by atoms with Gasteiger partial charge in [0.15, 0.2) is 5.79 Å². The van der Waals surface area contributed by atoms with Gasteiger partial charge in [0.1, 0.15) is 6.10 Å². The van der Waals surface area contributed by atoms with Crippen LogP contribution >= 0.6 is 0 Å². The Morgan fingerprint density at radius 2 is 0.646 bits per heavy atom. The minimum Gasteiger partial charge on any atom is -0.375 e. The van der Waals surface area contributed by atoms with E-state index in [1.54, 1.807) is 0 Å². The number of ether oxygens (including phenoxy) is 3. The van der Waals surface area contributed by atoms with Crippen molar-refractivity contribution in [3.05, 3.63) is 12.7 Å². The SMILES string of the molecule is C=CC1(C)OCC(C(CCC(F)(F)C(F)(F)C(F)(F)C(F)(F)C(F)(F)C(F)(F)C(F)(F)C(F)(F)F)(CCC(F)(F)C(F)(F)C(F)(F)C(F)(F)C(F)(F)C(F)(F)C(F)(F)C(F)(F)F)OC)O1. The maximum absolute atomic E-state index is 14.8. The van der Waals surface area contributed by atoms with Crippen LogP contribution in [0.4, 0.5) is 149 Å². The van der Waals surface area contributed by atoms with E-state index in [1.165, 1.54) is 0 Å². The summed E-state index contributed by atoms with van der Waals surface area (Å²) in [5.41, 5.74) is -4.03. The van der Waals surface area contributed by atoms with Crippen molar-refractivity contribution in [2.24, 2.45) is 0 Å². The van der Waals surface area contributed by atoms with Crippen LogP contribution in [0.5, 0.6) is 0 Å². The molecule has 1 aliphatic rings. The van der Waals surface area contributed by atoms with E-state index in [0.717, 1.165) is 0 Å². The van der Waals surface area contributed by atoms with Crippen LogP contribution < -0.4 is 0 Å². The summed E-state index contributed by atoms with van der Waals surface area (Å²) in [4.78, 5) is 0. The molecule has 3 nitrogen and oxygen atoms in total. The molecule has 1 heterocycles. The van der Waals surface area contributed by atoms with Crippen molar-refractivity contribution < 1.29 is 163 Å². The highest BCUT2D eigenvalue weighted by atomic mass is 19.4. The molecule has 0 spiro atoms. The monoisotopic (exact) mass is 1050 g/mol. The van der Waals surface area contributed by atoms with E-state index in [4.69, 9.17) is 9.47 Å². The highest BCUT2D eigenvalue weighted by molar-refractivity contribution is 5.17. The molecule has 0 radical (unpaired) electrons. The molecule has 0 aliphatic carbocycles. The van der Waals surface area contributed by atoms with E-state index in [1.807, 2.05) is 0 Å². The second-order valence-electron chi connectivity index (χ2n) is 13.7. The number of methoxy groups -OCH3 is 1. The maximum Gasteiger partial charge on any atom is 0.460 e. The molecule has 1 fully saturated rings. The molecule has 0 aromatic carbocycles. The second-order valence-corrected chi connectivity index (χ2v) is 13.7. The minimum atomic E-state index is -9.18. The molecule has 1 aliphatic heterocycles. The minimum absolute atomic E-state index is 0.155. The van der Waals surface area contributed by atoms with Gasteiger partial charge in [0, 0.05) is 20.0 Å². The summed E-state index contributed by atoms with van der Waals surface area (Å²) in [6.45, 7) is 1.92. The second kappa shape index (κ2) is 16.2. The zero-order valence-corrected chi connectivity index (χ0v) is 30.5. The average Bonchev–Trinajstić information content (AvgIpc) is 3.52. The fourth-order valence-corrected chi connectivity index (χ4v) is 5.18. The third kappa shape index (κ3) is 8.37. The molecule has 0 bridgehead atoms. The van der Waals surface area contributed by atoms with Crippen LogP contribution in [0.3, 0.4) is 0 Å². The summed E-state index contributed by atoms with van der Waals surface area (Å²) in [5, 5.41) is 0.